The Balaban J connectivity index is 2.32. The van der Waals surface area contributed by atoms with Crippen molar-refractivity contribution >= 4 is 5.82 Å². The molecule has 3 N–H and O–H groups in total. The Kier molecular flexibility index (Phi) is 3.94. The fraction of sp³-hybridized carbons (Fsp3) is 0.308. The second-order valence-corrected chi connectivity index (χ2v) is 3.89. The van der Waals surface area contributed by atoms with Crippen molar-refractivity contribution < 1.29 is 9.13 Å². The molecular weight excluding hydrogens is 233 g/mol. The number of aromatic nitrogens is 2. The molecule has 1 aromatic carbocycles. The van der Waals surface area contributed by atoms with E-state index < -0.39 is 0 Å². The molecule has 5 heteroatoms. The molecule has 2 rings (SSSR count). The Bertz CT molecular complexity index is 525. The van der Waals surface area contributed by atoms with Gasteiger partial charge in [-0.05, 0) is 13.0 Å². The SMILES string of the molecule is CCOCCc1[nH]nc(N)c1-c1ccccc1F. The number of H-pyrrole nitrogens is 1. The first-order chi connectivity index (χ1) is 8.74. The number of halogens is 1. The molecule has 0 unspecified atom stereocenters. The van der Waals surface area contributed by atoms with Gasteiger partial charge in [0.2, 0.25) is 0 Å². The average Bonchev–Trinajstić information content (AvgIpc) is 2.72. The van der Waals surface area contributed by atoms with Crippen molar-refractivity contribution in [2.45, 2.75) is 13.3 Å². The van der Waals surface area contributed by atoms with Gasteiger partial charge in [-0.15, -0.1) is 0 Å². The molecule has 0 amide bonds. The molecule has 2 aromatic rings. The third-order valence-corrected chi connectivity index (χ3v) is 2.71. The topological polar surface area (TPSA) is 63.9 Å². The molecule has 0 radical (unpaired) electrons. The van der Waals surface area contributed by atoms with Crippen LogP contribution in [0.3, 0.4) is 0 Å². The third-order valence-electron chi connectivity index (χ3n) is 2.71. The molecule has 0 aliphatic heterocycles. The van der Waals surface area contributed by atoms with Crippen LogP contribution in [0.4, 0.5) is 10.2 Å². The van der Waals surface area contributed by atoms with E-state index in [-0.39, 0.29) is 5.82 Å². The predicted molar refractivity (Wildman–Crippen MR) is 68.6 cm³/mol. The zero-order chi connectivity index (χ0) is 13.0. The number of ether oxygens (including phenoxy) is 1. The van der Waals surface area contributed by atoms with Crippen molar-refractivity contribution in [3.63, 3.8) is 0 Å². The van der Waals surface area contributed by atoms with Gasteiger partial charge in [-0.1, -0.05) is 18.2 Å². The van der Waals surface area contributed by atoms with E-state index >= 15 is 0 Å². The number of hydrogen-bond donors (Lipinski definition) is 2. The summed E-state index contributed by atoms with van der Waals surface area (Å²) in [6, 6.07) is 6.53. The third kappa shape index (κ3) is 2.51. The molecule has 0 saturated heterocycles. The van der Waals surface area contributed by atoms with Gasteiger partial charge in [0, 0.05) is 29.8 Å². The van der Waals surface area contributed by atoms with Crippen LogP contribution in [0, 0.1) is 5.82 Å². The number of nitrogens with zero attached hydrogens (tertiary/aromatic N) is 1. The Morgan fingerprint density at radius 2 is 2.17 bits per heavy atom. The quantitative estimate of drug-likeness (QED) is 0.800. The molecule has 1 heterocycles. The maximum atomic E-state index is 13.8. The van der Waals surface area contributed by atoms with Gasteiger partial charge in [0.15, 0.2) is 5.82 Å². The summed E-state index contributed by atoms with van der Waals surface area (Å²) in [5, 5.41) is 6.78. The first-order valence-corrected chi connectivity index (χ1v) is 5.89. The molecule has 0 aliphatic carbocycles. The lowest BCUT2D eigenvalue weighted by atomic mass is 10.0. The molecule has 0 aliphatic rings. The van der Waals surface area contributed by atoms with Gasteiger partial charge in [-0.2, -0.15) is 5.10 Å². The Labute approximate surface area is 105 Å². The van der Waals surface area contributed by atoms with Crippen molar-refractivity contribution in [1.82, 2.24) is 10.2 Å². The van der Waals surface area contributed by atoms with E-state index in [9.17, 15) is 4.39 Å². The minimum atomic E-state index is -0.303. The largest absolute Gasteiger partial charge is 0.382 e. The van der Waals surface area contributed by atoms with Gasteiger partial charge in [0.05, 0.1) is 6.61 Å². The summed E-state index contributed by atoms with van der Waals surface area (Å²) < 4.78 is 19.1. The molecule has 0 spiro atoms. The van der Waals surface area contributed by atoms with Crippen molar-refractivity contribution in [1.29, 1.82) is 0 Å². The van der Waals surface area contributed by atoms with Crippen LogP contribution in [0.25, 0.3) is 11.1 Å². The second-order valence-electron chi connectivity index (χ2n) is 3.89. The van der Waals surface area contributed by atoms with E-state index in [2.05, 4.69) is 10.2 Å². The summed E-state index contributed by atoms with van der Waals surface area (Å²) in [6.45, 7) is 3.14. The number of anilines is 1. The van der Waals surface area contributed by atoms with Crippen LogP contribution in [-0.2, 0) is 11.2 Å². The monoisotopic (exact) mass is 249 g/mol. The minimum absolute atomic E-state index is 0.303. The van der Waals surface area contributed by atoms with Crippen molar-refractivity contribution in [3.8, 4) is 11.1 Å². The molecule has 0 fully saturated rings. The zero-order valence-electron chi connectivity index (χ0n) is 10.2. The van der Waals surface area contributed by atoms with E-state index in [4.69, 9.17) is 10.5 Å². The number of benzene rings is 1. The van der Waals surface area contributed by atoms with Crippen LogP contribution in [0.1, 0.15) is 12.6 Å². The lowest BCUT2D eigenvalue weighted by Gasteiger charge is -2.05. The average molecular weight is 249 g/mol. The highest BCUT2D eigenvalue weighted by Gasteiger charge is 2.15. The first-order valence-electron chi connectivity index (χ1n) is 5.89. The smallest absolute Gasteiger partial charge is 0.153 e. The summed E-state index contributed by atoms with van der Waals surface area (Å²) in [7, 11) is 0. The number of hydrogen-bond acceptors (Lipinski definition) is 3. The number of nitrogens with two attached hydrogens (primary N) is 1. The number of rotatable bonds is 5. The highest BCUT2D eigenvalue weighted by molar-refractivity contribution is 5.76. The summed E-state index contributed by atoms with van der Waals surface area (Å²) in [5.41, 5.74) is 7.69. The van der Waals surface area contributed by atoms with E-state index in [1.807, 2.05) is 6.92 Å². The minimum Gasteiger partial charge on any atom is -0.382 e. The molecule has 0 saturated carbocycles. The Hall–Kier alpha value is -1.88. The van der Waals surface area contributed by atoms with E-state index in [1.54, 1.807) is 18.2 Å². The van der Waals surface area contributed by atoms with Gasteiger partial charge in [-0.25, -0.2) is 4.39 Å². The van der Waals surface area contributed by atoms with Crippen molar-refractivity contribution in [2.75, 3.05) is 18.9 Å². The normalized spacial score (nSPS) is 10.8. The van der Waals surface area contributed by atoms with Crippen LogP contribution in [0.15, 0.2) is 24.3 Å². The first kappa shape index (κ1) is 12.6. The van der Waals surface area contributed by atoms with E-state index in [1.165, 1.54) is 6.07 Å². The fourth-order valence-electron chi connectivity index (χ4n) is 1.86. The van der Waals surface area contributed by atoms with Crippen LogP contribution in [0.2, 0.25) is 0 Å². The van der Waals surface area contributed by atoms with Crippen LogP contribution in [0.5, 0.6) is 0 Å². The number of aromatic amines is 1. The highest BCUT2D eigenvalue weighted by Crippen LogP contribution is 2.30. The maximum Gasteiger partial charge on any atom is 0.153 e. The van der Waals surface area contributed by atoms with Crippen molar-refractivity contribution in [3.05, 3.63) is 35.8 Å². The van der Waals surface area contributed by atoms with E-state index in [0.29, 0.717) is 36.6 Å². The van der Waals surface area contributed by atoms with Crippen LogP contribution >= 0.6 is 0 Å². The predicted octanol–water partition coefficient (Wildman–Crippen LogP) is 2.38. The number of nitrogens with one attached hydrogen (secondary N) is 1. The zero-order valence-corrected chi connectivity index (χ0v) is 10.2. The van der Waals surface area contributed by atoms with Gasteiger partial charge in [0.1, 0.15) is 5.82 Å². The molecular formula is C13H16FN3O. The number of nitrogen functional groups attached to an aromatic ring is 1. The lowest BCUT2D eigenvalue weighted by Crippen LogP contribution is -2.00. The fourth-order valence-corrected chi connectivity index (χ4v) is 1.86. The van der Waals surface area contributed by atoms with Crippen LogP contribution in [-0.4, -0.2) is 23.4 Å². The van der Waals surface area contributed by atoms with Gasteiger partial charge in [0.25, 0.3) is 0 Å². The highest BCUT2D eigenvalue weighted by atomic mass is 19.1. The lowest BCUT2D eigenvalue weighted by molar-refractivity contribution is 0.150. The molecule has 96 valence electrons. The van der Waals surface area contributed by atoms with Gasteiger partial charge >= 0.3 is 0 Å². The summed E-state index contributed by atoms with van der Waals surface area (Å²) in [4.78, 5) is 0. The Morgan fingerprint density at radius 3 is 2.89 bits per heavy atom. The van der Waals surface area contributed by atoms with Crippen molar-refractivity contribution in [2.24, 2.45) is 0 Å². The van der Waals surface area contributed by atoms with E-state index in [0.717, 1.165) is 5.69 Å². The standard InChI is InChI=1S/C13H16FN3O/c1-2-18-8-7-11-12(13(15)17-16-11)9-5-3-4-6-10(9)14/h3-6H,2,7-8H2,1H3,(H3,15,16,17). The molecule has 1 aromatic heterocycles. The van der Waals surface area contributed by atoms with Gasteiger partial charge in [-0.3, -0.25) is 5.10 Å². The molecule has 0 atom stereocenters. The molecule has 4 nitrogen and oxygen atoms in total. The summed E-state index contributed by atoms with van der Waals surface area (Å²) >= 11 is 0. The molecule has 18 heavy (non-hydrogen) atoms. The summed E-state index contributed by atoms with van der Waals surface area (Å²) in [5.74, 6) is 0.00913. The summed E-state index contributed by atoms with van der Waals surface area (Å²) in [6.07, 6.45) is 0.627. The Morgan fingerprint density at radius 1 is 1.39 bits per heavy atom. The van der Waals surface area contributed by atoms with Gasteiger partial charge < -0.3 is 10.5 Å². The molecule has 0 bridgehead atoms. The maximum absolute atomic E-state index is 13.8. The van der Waals surface area contributed by atoms with Crippen LogP contribution < -0.4 is 5.73 Å². The second kappa shape index (κ2) is 5.64.